The van der Waals surface area contributed by atoms with Gasteiger partial charge in [-0.3, -0.25) is 0 Å². The standard InChI is InChI=1S/C5H6N2.C3H4O2/c1-2-7-4-3-6-5-7;1-2-3(4)5/h2-5H,1H2;2H,1H2,(H,4,5). The molecular weight excluding hydrogens is 156 g/mol. The molecule has 0 aliphatic heterocycles. The van der Waals surface area contributed by atoms with Gasteiger partial charge in [-0.15, -0.1) is 0 Å². The zero-order valence-electron chi connectivity index (χ0n) is 6.55. The summed E-state index contributed by atoms with van der Waals surface area (Å²) in [6, 6.07) is 0. The van der Waals surface area contributed by atoms with Crippen LogP contribution in [0.2, 0.25) is 0 Å². The predicted octanol–water partition coefficient (Wildman–Crippen LogP) is 1.24. The number of carboxylic acids is 1. The van der Waals surface area contributed by atoms with E-state index in [0.717, 1.165) is 6.08 Å². The molecule has 0 saturated carbocycles. The molecule has 12 heavy (non-hydrogen) atoms. The highest BCUT2D eigenvalue weighted by molar-refractivity contribution is 5.78. The number of nitrogens with zero attached hydrogens (tertiary/aromatic N) is 2. The normalized spacial score (nSPS) is 7.67. The van der Waals surface area contributed by atoms with Gasteiger partial charge in [0, 0.05) is 24.7 Å². The maximum Gasteiger partial charge on any atom is 0.327 e. The largest absolute Gasteiger partial charge is 0.478 e. The van der Waals surface area contributed by atoms with Crippen molar-refractivity contribution in [2.75, 3.05) is 0 Å². The summed E-state index contributed by atoms with van der Waals surface area (Å²) >= 11 is 0. The molecule has 0 aliphatic rings. The van der Waals surface area contributed by atoms with Crippen LogP contribution in [-0.2, 0) is 4.79 Å². The van der Waals surface area contributed by atoms with E-state index in [2.05, 4.69) is 18.1 Å². The summed E-state index contributed by atoms with van der Waals surface area (Å²) in [4.78, 5) is 13.0. The van der Waals surface area contributed by atoms with Crippen LogP contribution < -0.4 is 0 Å². The van der Waals surface area contributed by atoms with E-state index in [-0.39, 0.29) is 0 Å². The molecule has 64 valence electrons. The Balaban J connectivity index is 0.000000217. The summed E-state index contributed by atoms with van der Waals surface area (Å²) in [5, 5.41) is 7.60. The van der Waals surface area contributed by atoms with Crippen LogP contribution >= 0.6 is 0 Å². The van der Waals surface area contributed by atoms with Crippen molar-refractivity contribution in [3.05, 3.63) is 38.0 Å². The molecule has 0 amide bonds. The molecule has 0 bridgehead atoms. The first-order valence-corrected chi connectivity index (χ1v) is 3.16. The van der Waals surface area contributed by atoms with E-state index >= 15 is 0 Å². The lowest BCUT2D eigenvalue weighted by molar-refractivity contribution is -0.131. The van der Waals surface area contributed by atoms with Crippen molar-refractivity contribution in [2.45, 2.75) is 0 Å². The van der Waals surface area contributed by atoms with Crippen molar-refractivity contribution in [3.63, 3.8) is 0 Å². The van der Waals surface area contributed by atoms with Gasteiger partial charge in [0.15, 0.2) is 0 Å². The van der Waals surface area contributed by atoms with Crippen molar-refractivity contribution >= 4 is 12.2 Å². The van der Waals surface area contributed by atoms with Gasteiger partial charge < -0.3 is 9.67 Å². The molecule has 0 aromatic carbocycles. The zero-order valence-corrected chi connectivity index (χ0v) is 6.55. The summed E-state index contributed by atoms with van der Waals surface area (Å²) in [7, 11) is 0. The minimum atomic E-state index is -0.981. The van der Waals surface area contributed by atoms with Crippen LogP contribution in [0.4, 0.5) is 0 Å². The molecule has 1 N–H and O–H groups in total. The number of carboxylic acid groups (broad SMARTS) is 1. The van der Waals surface area contributed by atoms with Gasteiger partial charge in [-0.25, -0.2) is 9.78 Å². The van der Waals surface area contributed by atoms with Gasteiger partial charge in [-0.2, -0.15) is 0 Å². The number of hydrogen-bond acceptors (Lipinski definition) is 2. The first-order chi connectivity index (χ1) is 5.70. The third-order valence-corrected chi connectivity index (χ3v) is 0.910. The highest BCUT2D eigenvalue weighted by Gasteiger charge is 1.73. The lowest BCUT2D eigenvalue weighted by Crippen LogP contribution is -1.82. The van der Waals surface area contributed by atoms with Crippen molar-refractivity contribution < 1.29 is 9.90 Å². The minimum Gasteiger partial charge on any atom is -0.478 e. The average Bonchev–Trinajstić information content (AvgIpc) is 2.57. The third kappa shape index (κ3) is 4.99. The van der Waals surface area contributed by atoms with E-state index in [1.165, 1.54) is 0 Å². The molecule has 0 fully saturated rings. The Hall–Kier alpha value is -1.84. The fourth-order valence-corrected chi connectivity index (χ4v) is 0.377. The number of carbonyl (C=O) groups is 1. The number of imidazole rings is 1. The van der Waals surface area contributed by atoms with Gasteiger partial charge in [-0.1, -0.05) is 13.2 Å². The van der Waals surface area contributed by atoms with Crippen molar-refractivity contribution in [2.24, 2.45) is 0 Å². The van der Waals surface area contributed by atoms with Crippen LogP contribution in [0.1, 0.15) is 0 Å². The quantitative estimate of drug-likeness (QED) is 0.672. The maximum absolute atomic E-state index is 9.25. The van der Waals surface area contributed by atoms with Gasteiger partial charge in [0.2, 0.25) is 0 Å². The topological polar surface area (TPSA) is 55.1 Å². The molecule has 0 unspecified atom stereocenters. The van der Waals surface area contributed by atoms with Crippen LogP contribution in [0, 0.1) is 0 Å². The summed E-state index contributed by atoms with van der Waals surface area (Å²) in [6.45, 7) is 6.49. The molecule has 0 aliphatic carbocycles. The van der Waals surface area contributed by atoms with E-state index < -0.39 is 5.97 Å². The van der Waals surface area contributed by atoms with Crippen LogP contribution in [0.5, 0.6) is 0 Å². The van der Waals surface area contributed by atoms with Crippen LogP contribution in [0.25, 0.3) is 6.20 Å². The number of hydrogen-bond donors (Lipinski definition) is 1. The van der Waals surface area contributed by atoms with E-state index in [1.54, 1.807) is 23.3 Å². The zero-order chi connectivity index (χ0) is 9.40. The first kappa shape index (κ1) is 10.2. The van der Waals surface area contributed by atoms with Crippen molar-refractivity contribution in [3.8, 4) is 0 Å². The molecule has 1 aromatic rings. The maximum atomic E-state index is 9.25. The van der Waals surface area contributed by atoms with Gasteiger partial charge in [-0.05, 0) is 0 Å². The lowest BCUT2D eigenvalue weighted by atomic mass is 10.7. The van der Waals surface area contributed by atoms with Crippen molar-refractivity contribution in [1.29, 1.82) is 0 Å². The number of aliphatic carboxylic acids is 1. The smallest absolute Gasteiger partial charge is 0.327 e. The molecule has 0 spiro atoms. The second kappa shape index (κ2) is 5.91. The molecule has 0 atom stereocenters. The fraction of sp³-hybridized carbons (Fsp3) is 0. The van der Waals surface area contributed by atoms with E-state index in [9.17, 15) is 4.79 Å². The lowest BCUT2D eigenvalue weighted by Gasteiger charge is -1.80. The van der Waals surface area contributed by atoms with Gasteiger partial charge >= 0.3 is 5.97 Å². The third-order valence-electron chi connectivity index (χ3n) is 0.910. The molecule has 0 saturated heterocycles. The van der Waals surface area contributed by atoms with Gasteiger partial charge in [0.25, 0.3) is 0 Å². The monoisotopic (exact) mass is 166 g/mol. The highest BCUT2D eigenvalue weighted by atomic mass is 16.4. The van der Waals surface area contributed by atoms with Gasteiger partial charge in [0.05, 0.1) is 6.33 Å². The SMILES string of the molecule is C=CC(=O)O.C=Cn1ccnc1. The van der Waals surface area contributed by atoms with Crippen molar-refractivity contribution in [1.82, 2.24) is 9.55 Å². The summed E-state index contributed by atoms with van der Waals surface area (Å²) in [5.41, 5.74) is 0. The highest BCUT2D eigenvalue weighted by Crippen LogP contribution is 1.81. The Morgan fingerprint density at radius 3 is 2.33 bits per heavy atom. The fourth-order valence-electron chi connectivity index (χ4n) is 0.377. The molecule has 1 rings (SSSR count). The number of rotatable bonds is 2. The summed E-state index contributed by atoms with van der Waals surface area (Å²) in [6.07, 6.45) is 7.74. The molecule has 4 heteroatoms. The first-order valence-electron chi connectivity index (χ1n) is 3.16. The van der Waals surface area contributed by atoms with Crippen LogP contribution in [0.15, 0.2) is 38.0 Å². The summed E-state index contributed by atoms with van der Waals surface area (Å²) in [5.74, 6) is -0.981. The van der Waals surface area contributed by atoms with Crippen LogP contribution in [0.3, 0.4) is 0 Å². The number of aromatic nitrogens is 2. The van der Waals surface area contributed by atoms with E-state index in [4.69, 9.17) is 5.11 Å². The Bertz CT molecular complexity index is 252. The Labute approximate surface area is 70.5 Å². The molecular formula is C8H10N2O2. The summed E-state index contributed by atoms with van der Waals surface area (Å²) < 4.78 is 1.78. The molecule has 1 heterocycles. The van der Waals surface area contributed by atoms with Crippen LogP contribution in [-0.4, -0.2) is 20.6 Å². The van der Waals surface area contributed by atoms with Gasteiger partial charge in [0.1, 0.15) is 0 Å². The Morgan fingerprint density at radius 2 is 2.17 bits per heavy atom. The second-order valence-electron chi connectivity index (χ2n) is 1.73. The second-order valence-corrected chi connectivity index (χ2v) is 1.73. The minimum absolute atomic E-state index is 0.833. The molecule has 1 aromatic heterocycles. The molecule has 4 nitrogen and oxygen atoms in total. The Kier molecular flexibility index (Phi) is 5.00. The Morgan fingerprint density at radius 1 is 1.58 bits per heavy atom. The van der Waals surface area contributed by atoms with E-state index in [0.29, 0.717) is 0 Å². The molecule has 0 radical (unpaired) electrons. The average molecular weight is 166 g/mol. The van der Waals surface area contributed by atoms with E-state index in [1.807, 2.05) is 6.20 Å². The predicted molar refractivity (Wildman–Crippen MR) is 46.4 cm³/mol.